The van der Waals surface area contributed by atoms with Crippen LogP contribution in [0.1, 0.15) is 12.0 Å². The second-order valence-corrected chi connectivity index (χ2v) is 6.60. The van der Waals surface area contributed by atoms with Crippen LogP contribution in [-0.2, 0) is 4.79 Å². The van der Waals surface area contributed by atoms with Crippen molar-refractivity contribution in [3.63, 3.8) is 0 Å². The molecule has 4 nitrogen and oxygen atoms in total. The van der Waals surface area contributed by atoms with Crippen LogP contribution >= 0.6 is 15.9 Å². The summed E-state index contributed by atoms with van der Waals surface area (Å²) in [5, 5.41) is 9.81. The minimum Gasteiger partial charge on any atom is -0.391 e. The van der Waals surface area contributed by atoms with E-state index in [0.29, 0.717) is 13.0 Å². The zero-order chi connectivity index (χ0) is 15.4. The molecule has 114 valence electrons. The van der Waals surface area contributed by atoms with Gasteiger partial charge in [-0.15, -0.1) is 0 Å². The lowest BCUT2D eigenvalue weighted by Gasteiger charge is -2.25. The number of likely N-dealkylation sites (tertiary alicyclic amines) is 1. The van der Waals surface area contributed by atoms with E-state index in [-0.39, 0.29) is 11.9 Å². The van der Waals surface area contributed by atoms with Gasteiger partial charge in [-0.1, -0.05) is 28.1 Å². The van der Waals surface area contributed by atoms with Gasteiger partial charge in [-0.2, -0.15) is 0 Å². The molecule has 1 fully saturated rings. The number of hydrogen-bond acceptors (Lipinski definition) is 3. The molecule has 1 amide bonds. The molecule has 0 aromatic heterocycles. The van der Waals surface area contributed by atoms with Gasteiger partial charge in [0.05, 0.1) is 6.10 Å². The number of carbonyl (C=O) groups excluding carboxylic acids is 1. The summed E-state index contributed by atoms with van der Waals surface area (Å²) in [7, 11) is 3.95. The predicted octanol–water partition coefficient (Wildman–Crippen LogP) is 1.99. The lowest BCUT2D eigenvalue weighted by atomic mass is 10.2. The molecule has 1 heterocycles. The van der Waals surface area contributed by atoms with Crippen molar-refractivity contribution in [2.24, 2.45) is 0 Å². The maximum atomic E-state index is 12.3. The summed E-state index contributed by atoms with van der Waals surface area (Å²) in [5.41, 5.74) is 0.982. The van der Waals surface area contributed by atoms with Crippen molar-refractivity contribution in [3.8, 4) is 0 Å². The van der Waals surface area contributed by atoms with Crippen LogP contribution in [0.4, 0.5) is 0 Å². The molecule has 2 unspecified atom stereocenters. The minimum absolute atomic E-state index is 0.0404. The molecular weight excluding hydrogens is 332 g/mol. The van der Waals surface area contributed by atoms with E-state index in [1.807, 2.05) is 49.3 Å². The summed E-state index contributed by atoms with van der Waals surface area (Å²) in [6.45, 7) is 1.19. The first-order valence-electron chi connectivity index (χ1n) is 7.03. The van der Waals surface area contributed by atoms with Crippen LogP contribution in [0.25, 0.3) is 6.08 Å². The molecule has 2 atom stereocenters. The summed E-state index contributed by atoms with van der Waals surface area (Å²) < 4.78 is 1.01. The average Bonchev–Trinajstić information content (AvgIpc) is 2.78. The molecular formula is C16H21BrN2O2. The van der Waals surface area contributed by atoms with E-state index in [1.165, 1.54) is 0 Å². The highest BCUT2D eigenvalue weighted by Crippen LogP contribution is 2.19. The number of amides is 1. The normalized spacial score (nSPS) is 22.4. The summed E-state index contributed by atoms with van der Waals surface area (Å²) in [5.74, 6) is -0.0404. The molecule has 0 aliphatic carbocycles. The summed E-state index contributed by atoms with van der Waals surface area (Å²) in [6.07, 6.45) is 3.63. The highest BCUT2D eigenvalue weighted by Gasteiger charge is 2.33. The summed E-state index contributed by atoms with van der Waals surface area (Å²) in [6, 6.07) is 7.86. The van der Waals surface area contributed by atoms with Crippen molar-refractivity contribution in [1.29, 1.82) is 0 Å². The number of nitrogens with zero attached hydrogens (tertiary/aromatic N) is 2. The molecule has 2 rings (SSSR count). The number of β-amino-alcohol motifs (C(OH)–C–C–N with tert-alkyl or cyclic N) is 1. The van der Waals surface area contributed by atoms with E-state index < -0.39 is 6.10 Å². The number of benzene rings is 1. The third-order valence-electron chi connectivity index (χ3n) is 3.54. The Balaban J connectivity index is 2.02. The van der Waals surface area contributed by atoms with Crippen molar-refractivity contribution in [2.45, 2.75) is 18.6 Å². The van der Waals surface area contributed by atoms with Crippen LogP contribution < -0.4 is 0 Å². The number of likely N-dealkylation sites (N-methyl/N-ethyl adjacent to an activating group) is 1. The maximum absolute atomic E-state index is 12.3. The number of hydrogen-bond donors (Lipinski definition) is 1. The zero-order valence-electron chi connectivity index (χ0n) is 12.4. The Hall–Kier alpha value is -1.17. The summed E-state index contributed by atoms with van der Waals surface area (Å²) in [4.78, 5) is 16.1. The third kappa shape index (κ3) is 4.66. The van der Waals surface area contributed by atoms with Crippen LogP contribution in [0, 0.1) is 0 Å². The third-order valence-corrected chi connectivity index (χ3v) is 4.07. The minimum atomic E-state index is -0.417. The predicted molar refractivity (Wildman–Crippen MR) is 87.9 cm³/mol. The van der Waals surface area contributed by atoms with E-state index in [4.69, 9.17) is 0 Å². The number of halogens is 1. The second-order valence-electron chi connectivity index (χ2n) is 5.68. The SMILES string of the molecule is CN(C)CC1CC(O)CN1C(=O)C=Cc1ccc(Br)cc1. The van der Waals surface area contributed by atoms with Crippen LogP contribution in [-0.4, -0.2) is 60.1 Å². The van der Waals surface area contributed by atoms with Gasteiger partial charge in [0.1, 0.15) is 0 Å². The van der Waals surface area contributed by atoms with Crippen molar-refractivity contribution in [3.05, 3.63) is 40.4 Å². The standard InChI is InChI=1S/C16H21BrN2O2/c1-18(2)10-14-9-15(20)11-19(14)16(21)8-5-12-3-6-13(17)7-4-12/h3-8,14-15,20H,9-11H2,1-2H3. The topological polar surface area (TPSA) is 43.8 Å². The first-order valence-corrected chi connectivity index (χ1v) is 7.82. The number of aliphatic hydroxyl groups excluding tert-OH is 1. The van der Waals surface area contributed by atoms with E-state index in [2.05, 4.69) is 15.9 Å². The molecule has 1 aromatic rings. The van der Waals surface area contributed by atoms with E-state index in [1.54, 1.807) is 11.0 Å². The maximum Gasteiger partial charge on any atom is 0.246 e. The smallest absolute Gasteiger partial charge is 0.246 e. The highest BCUT2D eigenvalue weighted by molar-refractivity contribution is 9.10. The Bertz CT molecular complexity index is 514. The number of aliphatic hydroxyl groups is 1. The van der Waals surface area contributed by atoms with E-state index in [0.717, 1.165) is 16.6 Å². The van der Waals surface area contributed by atoms with Gasteiger partial charge in [-0.3, -0.25) is 4.79 Å². The van der Waals surface area contributed by atoms with Gasteiger partial charge in [0.15, 0.2) is 0 Å². The number of carbonyl (C=O) groups is 1. The average molecular weight is 353 g/mol. The van der Waals surface area contributed by atoms with Crippen LogP contribution in [0.2, 0.25) is 0 Å². The van der Waals surface area contributed by atoms with Crippen LogP contribution in [0.15, 0.2) is 34.8 Å². The van der Waals surface area contributed by atoms with E-state index in [9.17, 15) is 9.90 Å². The van der Waals surface area contributed by atoms with Gasteiger partial charge >= 0.3 is 0 Å². The van der Waals surface area contributed by atoms with Gasteiger partial charge in [-0.25, -0.2) is 0 Å². The Morgan fingerprint density at radius 3 is 2.71 bits per heavy atom. The zero-order valence-corrected chi connectivity index (χ0v) is 14.0. The molecule has 0 bridgehead atoms. The molecule has 0 spiro atoms. The highest BCUT2D eigenvalue weighted by atomic mass is 79.9. The van der Waals surface area contributed by atoms with Crippen molar-refractivity contribution in [1.82, 2.24) is 9.80 Å². The lowest BCUT2D eigenvalue weighted by Crippen LogP contribution is -2.40. The van der Waals surface area contributed by atoms with Gasteiger partial charge in [0.25, 0.3) is 0 Å². The van der Waals surface area contributed by atoms with Crippen molar-refractivity contribution in [2.75, 3.05) is 27.2 Å². The first-order chi connectivity index (χ1) is 9.95. The summed E-state index contributed by atoms with van der Waals surface area (Å²) >= 11 is 3.38. The Morgan fingerprint density at radius 2 is 2.10 bits per heavy atom. The van der Waals surface area contributed by atoms with Gasteiger partial charge < -0.3 is 14.9 Å². The van der Waals surface area contributed by atoms with E-state index >= 15 is 0 Å². The quantitative estimate of drug-likeness (QED) is 0.842. The molecule has 0 radical (unpaired) electrons. The monoisotopic (exact) mass is 352 g/mol. The molecule has 1 aliphatic heterocycles. The number of rotatable bonds is 4. The lowest BCUT2D eigenvalue weighted by molar-refractivity contribution is -0.127. The first kappa shape index (κ1) is 16.2. The second kappa shape index (κ2) is 7.20. The molecule has 1 aliphatic rings. The largest absolute Gasteiger partial charge is 0.391 e. The van der Waals surface area contributed by atoms with Crippen LogP contribution in [0.5, 0.6) is 0 Å². The molecule has 1 aromatic carbocycles. The molecule has 1 saturated heterocycles. The van der Waals surface area contributed by atoms with Gasteiger partial charge in [-0.05, 0) is 44.3 Å². The Morgan fingerprint density at radius 1 is 1.43 bits per heavy atom. The molecule has 5 heteroatoms. The molecule has 1 N–H and O–H groups in total. The van der Waals surface area contributed by atoms with Gasteiger partial charge in [0, 0.05) is 29.7 Å². The van der Waals surface area contributed by atoms with Crippen LogP contribution in [0.3, 0.4) is 0 Å². The van der Waals surface area contributed by atoms with Gasteiger partial charge in [0.2, 0.25) is 5.91 Å². The fraction of sp³-hybridized carbons (Fsp3) is 0.438. The fourth-order valence-electron chi connectivity index (χ4n) is 2.59. The molecule has 21 heavy (non-hydrogen) atoms. The van der Waals surface area contributed by atoms with Crippen molar-refractivity contribution >= 4 is 27.9 Å². The van der Waals surface area contributed by atoms with Crippen molar-refractivity contribution < 1.29 is 9.90 Å². The Labute approximate surface area is 134 Å². The fourth-order valence-corrected chi connectivity index (χ4v) is 2.86. The Kier molecular flexibility index (Phi) is 5.56. The molecule has 0 saturated carbocycles.